The number of ether oxygens (including phenoxy) is 1. The van der Waals surface area contributed by atoms with Gasteiger partial charge in [-0.3, -0.25) is 0 Å². The maximum Gasteiger partial charge on any atom is 0.163 e. The van der Waals surface area contributed by atoms with Gasteiger partial charge in [-0.2, -0.15) is 0 Å². The lowest BCUT2D eigenvalue weighted by atomic mass is 9.89. The average Bonchev–Trinajstić information content (AvgIpc) is 2.68. The van der Waals surface area contributed by atoms with Crippen molar-refractivity contribution in [3.05, 3.63) is 35.4 Å². The first-order chi connectivity index (χ1) is 7.61. The van der Waals surface area contributed by atoms with Crippen molar-refractivity contribution < 1.29 is 13.5 Å². The van der Waals surface area contributed by atoms with Crippen LogP contribution < -0.4 is 5.73 Å². The van der Waals surface area contributed by atoms with Gasteiger partial charge in [-0.15, -0.1) is 0 Å². The van der Waals surface area contributed by atoms with E-state index in [4.69, 9.17) is 10.5 Å². The Hall–Kier alpha value is -1.00. The zero-order valence-corrected chi connectivity index (χ0v) is 9.12. The van der Waals surface area contributed by atoms with E-state index in [0.29, 0.717) is 6.61 Å². The van der Waals surface area contributed by atoms with E-state index < -0.39 is 17.7 Å². The molecule has 1 fully saturated rings. The van der Waals surface area contributed by atoms with E-state index in [9.17, 15) is 8.78 Å². The van der Waals surface area contributed by atoms with Crippen molar-refractivity contribution in [1.82, 2.24) is 0 Å². The Balaban J connectivity index is 2.26. The molecule has 1 aliphatic heterocycles. The topological polar surface area (TPSA) is 35.2 Å². The highest BCUT2D eigenvalue weighted by Crippen LogP contribution is 2.32. The number of hydrogen-bond donors (Lipinski definition) is 1. The predicted molar refractivity (Wildman–Crippen MR) is 56.8 cm³/mol. The molecule has 1 aromatic carbocycles. The van der Waals surface area contributed by atoms with E-state index in [2.05, 4.69) is 0 Å². The van der Waals surface area contributed by atoms with Gasteiger partial charge in [0.2, 0.25) is 0 Å². The van der Waals surface area contributed by atoms with E-state index in [-0.39, 0.29) is 17.6 Å². The minimum atomic E-state index is -0.848. The van der Waals surface area contributed by atoms with Gasteiger partial charge >= 0.3 is 0 Å². The zero-order chi connectivity index (χ0) is 11.7. The van der Waals surface area contributed by atoms with Gasteiger partial charge in [0.25, 0.3) is 0 Å². The van der Waals surface area contributed by atoms with Crippen LogP contribution in [0, 0.1) is 17.6 Å². The quantitative estimate of drug-likeness (QED) is 0.842. The van der Waals surface area contributed by atoms with Crippen molar-refractivity contribution in [1.29, 1.82) is 0 Å². The molecule has 2 rings (SSSR count). The summed E-state index contributed by atoms with van der Waals surface area (Å²) in [6.45, 7) is 2.55. The molecule has 88 valence electrons. The van der Waals surface area contributed by atoms with Gasteiger partial charge in [0.1, 0.15) is 0 Å². The lowest BCUT2D eigenvalue weighted by molar-refractivity contribution is 0.0991. The number of benzene rings is 1. The highest BCUT2D eigenvalue weighted by molar-refractivity contribution is 5.23. The van der Waals surface area contributed by atoms with Crippen LogP contribution in [0.15, 0.2) is 18.2 Å². The molecular formula is C12H15F2NO. The molecule has 2 N–H and O–H groups in total. The first-order valence-electron chi connectivity index (χ1n) is 5.42. The lowest BCUT2D eigenvalue weighted by Crippen LogP contribution is -2.27. The van der Waals surface area contributed by atoms with Gasteiger partial charge in [-0.05, 0) is 19.4 Å². The highest BCUT2D eigenvalue weighted by atomic mass is 19.2. The molecule has 0 bridgehead atoms. The number of halogens is 2. The van der Waals surface area contributed by atoms with Gasteiger partial charge < -0.3 is 10.5 Å². The van der Waals surface area contributed by atoms with Crippen LogP contribution in [0.25, 0.3) is 0 Å². The third-order valence-corrected chi connectivity index (χ3v) is 3.24. The summed E-state index contributed by atoms with van der Waals surface area (Å²) >= 11 is 0. The monoisotopic (exact) mass is 227 g/mol. The number of nitrogens with two attached hydrogens (primary N) is 1. The Morgan fingerprint density at radius 1 is 1.44 bits per heavy atom. The summed E-state index contributed by atoms with van der Waals surface area (Å²) in [6.07, 6.45) is 0.788. The standard InChI is InChI=1S/C12H15F2NO/c1-7-8(5-6-16-7)12(15)9-3-2-4-10(13)11(9)14/h2-4,7-8,12H,5-6,15H2,1H3. The molecule has 4 heteroatoms. The summed E-state index contributed by atoms with van der Waals surface area (Å²) in [5, 5.41) is 0. The van der Waals surface area contributed by atoms with Crippen molar-refractivity contribution in [2.75, 3.05) is 6.61 Å². The van der Waals surface area contributed by atoms with E-state index in [1.807, 2.05) is 6.92 Å². The second-order valence-electron chi connectivity index (χ2n) is 4.20. The molecule has 1 heterocycles. The van der Waals surface area contributed by atoms with E-state index in [1.165, 1.54) is 12.1 Å². The maximum atomic E-state index is 13.5. The molecule has 0 spiro atoms. The predicted octanol–water partition coefficient (Wildman–Crippen LogP) is 2.39. The second kappa shape index (κ2) is 4.47. The van der Waals surface area contributed by atoms with Crippen LogP contribution in [0.1, 0.15) is 24.9 Å². The van der Waals surface area contributed by atoms with Crippen LogP contribution in [0.3, 0.4) is 0 Å². The minimum Gasteiger partial charge on any atom is -0.378 e. The smallest absolute Gasteiger partial charge is 0.163 e. The molecule has 0 saturated carbocycles. The Bertz CT molecular complexity index is 383. The van der Waals surface area contributed by atoms with Crippen LogP contribution in [-0.4, -0.2) is 12.7 Å². The Kier molecular flexibility index (Phi) is 3.21. The maximum absolute atomic E-state index is 13.5. The largest absolute Gasteiger partial charge is 0.378 e. The third kappa shape index (κ3) is 1.95. The molecule has 1 saturated heterocycles. The first kappa shape index (κ1) is 11.5. The summed E-state index contributed by atoms with van der Waals surface area (Å²) < 4.78 is 32.0. The van der Waals surface area contributed by atoms with Crippen LogP contribution in [0.5, 0.6) is 0 Å². The molecule has 16 heavy (non-hydrogen) atoms. The fourth-order valence-electron chi connectivity index (χ4n) is 2.23. The molecule has 0 aliphatic carbocycles. The number of rotatable bonds is 2. The Morgan fingerprint density at radius 2 is 2.19 bits per heavy atom. The average molecular weight is 227 g/mol. The van der Waals surface area contributed by atoms with Gasteiger partial charge in [-0.1, -0.05) is 12.1 Å². The van der Waals surface area contributed by atoms with Crippen molar-refractivity contribution in [3.63, 3.8) is 0 Å². The van der Waals surface area contributed by atoms with Gasteiger partial charge in [-0.25, -0.2) is 8.78 Å². The lowest BCUT2D eigenvalue weighted by Gasteiger charge is -2.22. The molecule has 0 radical (unpaired) electrons. The summed E-state index contributed by atoms with van der Waals surface area (Å²) in [5.74, 6) is -1.63. The first-order valence-corrected chi connectivity index (χ1v) is 5.42. The van der Waals surface area contributed by atoms with Gasteiger partial charge in [0.05, 0.1) is 6.10 Å². The molecule has 1 aromatic rings. The Labute approximate surface area is 93.4 Å². The van der Waals surface area contributed by atoms with Gasteiger partial charge in [0, 0.05) is 24.1 Å². The minimum absolute atomic E-state index is 0.00216. The highest BCUT2D eigenvalue weighted by Gasteiger charge is 2.32. The van der Waals surface area contributed by atoms with Crippen molar-refractivity contribution in [3.8, 4) is 0 Å². The fraction of sp³-hybridized carbons (Fsp3) is 0.500. The summed E-state index contributed by atoms with van der Waals surface area (Å²) in [6, 6.07) is 3.61. The van der Waals surface area contributed by atoms with Gasteiger partial charge in [0.15, 0.2) is 11.6 Å². The summed E-state index contributed by atoms with van der Waals surface area (Å²) in [7, 11) is 0. The SMILES string of the molecule is CC1OCCC1C(N)c1cccc(F)c1F. The normalized spacial score (nSPS) is 27.0. The molecule has 1 aliphatic rings. The Morgan fingerprint density at radius 3 is 2.81 bits per heavy atom. The van der Waals surface area contributed by atoms with E-state index >= 15 is 0 Å². The summed E-state index contributed by atoms with van der Waals surface area (Å²) in [4.78, 5) is 0. The van der Waals surface area contributed by atoms with Crippen LogP contribution >= 0.6 is 0 Å². The summed E-state index contributed by atoms with van der Waals surface area (Å²) in [5.41, 5.74) is 6.21. The fourth-order valence-corrected chi connectivity index (χ4v) is 2.23. The van der Waals surface area contributed by atoms with Crippen molar-refractivity contribution in [2.24, 2.45) is 11.7 Å². The molecule has 0 amide bonds. The van der Waals surface area contributed by atoms with Crippen molar-refractivity contribution in [2.45, 2.75) is 25.5 Å². The van der Waals surface area contributed by atoms with Crippen LogP contribution in [-0.2, 0) is 4.74 Å². The van der Waals surface area contributed by atoms with Crippen molar-refractivity contribution >= 4 is 0 Å². The molecule has 2 nitrogen and oxygen atoms in total. The molecule has 3 atom stereocenters. The molecule has 3 unspecified atom stereocenters. The molecular weight excluding hydrogens is 212 g/mol. The second-order valence-corrected chi connectivity index (χ2v) is 4.20. The third-order valence-electron chi connectivity index (χ3n) is 3.24. The molecule has 0 aromatic heterocycles. The van der Waals surface area contributed by atoms with Crippen LogP contribution in [0.2, 0.25) is 0 Å². The number of hydrogen-bond acceptors (Lipinski definition) is 2. The van der Waals surface area contributed by atoms with E-state index in [0.717, 1.165) is 12.5 Å². The van der Waals surface area contributed by atoms with Crippen LogP contribution in [0.4, 0.5) is 8.78 Å². The van der Waals surface area contributed by atoms with E-state index in [1.54, 1.807) is 0 Å². The zero-order valence-electron chi connectivity index (χ0n) is 9.12.